The normalized spacial score (nSPS) is 21.1. The summed E-state index contributed by atoms with van der Waals surface area (Å²) in [5, 5.41) is 12.9. The van der Waals surface area contributed by atoms with E-state index in [1.165, 1.54) is 7.11 Å². The summed E-state index contributed by atoms with van der Waals surface area (Å²) in [5.74, 6) is 0.809. The molecule has 0 unspecified atom stereocenters. The van der Waals surface area contributed by atoms with E-state index in [4.69, 9.17) is 22.1 Å². The first-order valence-electron chi connectivity index (χ1n) is 11.7. The molecule has 0 spiro atoms. The van der Waals surface area contributed by atoms with Gasteiger partial charge in [0.2, 0.25) is 0 Å². The number of amides is 3. The van der Waals surface area contributed by atoms with Gasteiger partial charge >= 0.3 is 6.03 Å². The summed E-state index contributed by atoms with van der Waals surface area (Å²) in [7, 11) is 1.51. The maximum absolute atomic E-state index is 12.8. The topological polar surface area (TPSA) is 111 Å². The standard InChI is InChI=1S/C23H34ClN5O4/c1-33-21-11-20(25)19(24)10-18(21)22(31)26-16-4-6-27(7-5-16)12-15-2-8-28(9-3-15)23(32)29-13-17(30)14-29/h10-11,15-17,30H,2-9,12-14,25H2,1H3,(H,26,31). The maximum atomic E-state index is 12.8. The van der Waals surface area contributed by atoms with Crippen molar-refractivity contribution in [2.24, 2.45) is 5.92 Å². The number of ether oxygens (including phenoxy) is 1. The summed E-state index contributed by atoms with van der Waals surface area (Å²) in [6, 6.07) is 3.31. The Morgan fingerprint density at radius 2 is 1.79 bits per heavy atom. The minimum atomic E-state index is -0.356. The third kappa shape index (κ3) is 5.65. The van der Waals surface area contributed by atoms with Crippen LogP contribution in [0.15, 0.2) is 12.1 Å². The zero-order valence-electron chi connectivity index (χ0n) is 19.1. The summed E-state index contributed by atoms with van der Waals surface area (Å²) in [6.07, 6.45) is 3.45. The maximum Gasteiger partial charge on any atom is 0.320 e. The number of nitrogens with zero attached hydrogens (tertiary/aromatic N) is 3. The van der Waals surface area contributed by atoms with Gasteiger partial charge in [-0.05, 0) is 37.7 Å². The monoisotopic (exact) mass is 479 g/mol. The Morgan fingerprint density at radius 3 is 2.39 bits per heavy atom. The molecule has 3 aliphatic rings. The molecule has 0 aromatic heterocycles. The smallest absolute Gasteiger partial charge is 0.320 e. The highest BCUT2D eigenvalue weighted by atomic mass is 35.5. The Bertz CT molecular complexity index is 863. The number of aliphatic hydroxyl groups is 1. The van der Waals surface area contributed by atoms with E-state index in [-0.39, 0.29) is 24.1 Å². The second kappa shape index (κ2) is 10.4. The molecule has 10 heteroatoms. The minimum Gasteiger partial charge on any atom is -0.496 e. The van der Waals surface area contributed by atoms with E-state index >= 15 is 0 Å². The number of benzene rings is 1. The summed E-state index contributed by atoms with van der Waals surface area (Å²) < 4.78 is 5.30. The van der Waals surface area contributed by atoms with Crippen molar-refractivity contribution in [1.82, 2.24) is 20.0 Å². The van der Waals surface area contributed by atoms with Crippen molar-refractivity contribution < 1.29 is 19.4 Å². The Balaban J connectivity index is 1.19. The van der Waals surface area contributed by atoms with Crippen LogP contribution in [0.1, 0.15) is 36.0 Å². The number of likely N-dealkylation sites (tertiary alicyclic amines) is 3. The molecular weight excluding hydrogens is 446 g/mol. The van der Waals surface area contributed by atoms with Crippen LogP contribution in [-0.4, -0.2) is 96.8 Å². The molecule has 4 N–H and O–H groups in total. The first-order valence-corrected chi connectivity index (χ1v) is 12.1. The lowest BCUT2D eigenvalue weighted by atomic mass is 9.94. The summed E-state index contributed by atoms with van der Waals surface area (Å²) >= 11 is 6.10. The molecular formula is C23H34ClN5O4. The molecule has 3 heterocycles. The second-order valence-corrected chi connectivity index (χ2v) is 9.80. The van der Waals surface area contributed by atoms with E-state index in [2.05, 4.69) is 10.2 Å². The van der Waals surface area contributed by atoms with Crippen LogP contribution in [0.25, 0.3) is 0 Å². The lowest BCUT2D eigenvalue weighted by Gasteiger charge is -2.42. The highest BCUT2D eigenvalue weighted by molar-refractivity contribution is 6.33. The molecule has 9 nitrogen and oxygen atoms in total. The Labute approximate surface area is 199 Å². The van der Waals surface area contributed by atoms with Gasteiger partial charge in [0.1, 0.15) is 5.75 Å². The summed E-state index contributed by atoms with van der Waals surface area (Å²) in [5.41, 5.74) is 6.59. The summed E-state index contributed by atoms with van der Waals surface area (Å²) in [4.78, 5) is 31.3. The van der Waals surface area contributed by atoms with Crippen molar-refractivity contribution in [3.05, 3.63) is 22.7 Å². The van der Waals surface area contributed by atoms with Crippen LogP contribution >= 0.6 is 11.6 Å². The van der Waals surface area contributed by atoms with Gasteiger partial charge in [-0.2, -0.15) is 0 Å². The SMILES string of the molecule is COc1cc(N)c(Cl)cc1C(=O)NC1CCN(CC2CCN(C(=O)N3CC(O)C3)CC2)CC1. The summed E-state index contributed by atoms with van der Waals surface area (Å²) in [6.45, 7) is 5.41. The number of halogens is 1. The quantitative estimate of drug-likeness (QED) is 0.553. The number of aliphatic hydroxyl groups excluding tert-OH is 1. The van der Waals surface area contributed by atoms with Gasteiger partial charge in [-0.15, -0.1) is 0 Å². The molecule has 182 valence electrons. The highest BCUT2D eigenvalue weighted by Crippen LogP contribution is 2.29. The first-order chi connectivity index (χ1) is 15.8. The molecule has 1 aromatic carbocycles. The fourth-order valence-corrected chi connectivity index (χ4v) is 5.09. The molecule has 0 bridgehead atoms. The van der Waals surface area contributed by atoms with Gasteiger partial charge in [-0.1, -0.05) is 11.6 Å². The molecule has 3 aliphatic heterocycles. The van der Waals surface area contributed by atoms with Crippen LogP contribution in [-0.2, 0) is 0 Å². The number of nitrogens with one attached hydrogen (secondary N) is 1. The number of carbonyl (C=O) groups is 2. The van der Waals surface area contributed by atoms with Gasteiger partial charge < -0.3 is 35.6 Å². The van der Waals surface area contributed by atoms with Crippen molar-refractivity contribution in [1.29, 1.82) is 0 Å². The van der Waals surface area contributed by atoms with Gasteiger partial charge in [0.05, 0.1) is 42.6 Å². The third-order valence-corrected chi connectivity index (χ3v) is 7.35. The molecule has 0 radical (unpaired) electrons. The van der Waals surface area contributed by atoms with Crippen molar-refractivity contribution in [3.63, 3.8) is 0 Å². The number of hydrogen-bond donors (Lipinski definition) is 3. The zero-order valence-corrected chi connectivity index (χ0v) is 19.9. The van der Waals surface area contributed by atoms with Crippen molar-refractivity contribution in [2.75, 3.05) is 58.7 Å². The fraction of sp³-hybridized carbons (Fsp3) is 0.652. The van der Waals surface area contributed by atoms with Crippen LogP contribution in [0.3, 0.4) is 0 Å². The number of methoxy groups -OCH3 is 1. The number of β-amino-alcohol motifs (C(OH)–C–C–N with tert-alkyl or cyclic N) is 1. The van der Waals surface area contributed by atoms with E-state index in [0.717, 1.165) is 58.4 Å². The molecule has 33 heavy (non-hydrogen) atoms. The van der Waals surface area contributed by atoms with Gasteiger partial charge in [0.25, 0.3) is 5.91 Å². The van der Waals surface area contributed by atoms with Gasteiger partial charge in [-0.3, -0.25) is 4.79 Å². The minimum absolute atomic E-state index is 0.0642. The largest absolute Gasteiger partial charge is 0.496 e. The van der Waals surface area contributed by atoms with Crippen LogP contribution in [0.4, 0.5) is 10.5 Å². The predicted molar refractivity (Wildman–Crippen MR) is 127 cm³/mol. The first kappa shape index (κ1) is 23.9. The van der Waals surface area contributed by atoms with E-state index in [1.54, 1.807) is 17.0 Å². The number of hydrogen-bond acceptors (Lipinski definition) is 6. The predicted octanol–water partition coefficient (Wildman–Crippen LogP) is 1.63. The Morgan fingerprint density at radius 1 is 1.12 bits per heavy atom. The Kier molecular flexibility index (Phi) is 7.51. The van der Waals surface area contributed by atoms with E-state index in [0.29, 0.717) is 41.0 Å². The van der Waals surface area contributed by atoms with Crippen LogP contribution in [0.5, 0.6) is 5.75 Å². The molecule has 3 fully saturated rings. The molecule has 4 rings (SSSR count). The van der Waals surface area contributed by atoms with E-state index in [1.807, 2.05) is 4.90 Å². The van der Waals surface area contributed by atoms with E-state index in [9.17, 15) is 14.7 Å². The average Bonchev–Trinajstić information content (AvgIpc) is 2.79. The number of nitrogen functional groups attached to an aromatic ring is 1. The molecule has 0 atom stereocenters. The lowest BCUT2D eigenvalue weighted by molar-refractivity contribution is 0.0110. The van der Waals surface area contributed by atoms with Crippen LogP contribution < -0.4 is 15.8 Å². The number of piperidine rings is 2. The second-order valence-electron chi connectivity index (χ2n) is 9.39. The zero-order chi connectivity index (χ0) is 23.5. The van der Waals surface area contributed by atoms with Crippen LogP contribution in [0.2, 0.25) is 5.02 Å². The number of rotatable bonds is 5. The third-order valence-electron chi connectivity index (χ3n) is 7.02. The molecule has 0 saturated carbocycles. The molecule has 3 saturated heterocycles. The number of anilines is 1. The van der Waals surface area contributed by atoms with Gasteiger partial charge in [0.15, 0.2) is 0 Å². The lowest BCUT2D eigenvalue weighted by Crippen LogP contribution is -2.58. The number of carbonyl (C=O) groups excluding carboxylic acids is 2. The van der Waals surface area contributed by atoms with Crippen molar-refractivity contribution in [3.8, 4) is 5.75 Å². The van der Waals surface area contributed by atoms with Gasteiger partial charge in [-0.25, -0.2) is 4.79 Å². The number of nitrogens with two attached hydrogens (primary N) is 1. The van der Waals surface area contributed by atoms with Crippen LogP contribution in [0, 0.1) is 5.92 Å². The average molecular weight is 480 g/mol. The fourth-order valence-electron chi connectivity index (χ4n) is 4.92. The van der Waals surface area contributed by atoms with Crippen molar-refractivity contribution >= 4 is 29.2 Å². The Hall–Kier alpha value is -2.23. The van der Waals surface area contributed by atoms with E-state index < -0.39 is 0 Å². The molecule has 3 amide bonds. The molecule has 1 aromatic rings. The van der Waals surface area contributed by atoms with Crippen molar-refractivity contribution in [2.45, 2.75) is 37.8 Å². The highest BCUT2D eigenvalue weighted by Gasteiger charge is 2.34. The van der Waals surface area contributed by atoms with Gasteiger partial charge in [0, 0.05) is 44.8 Å². The number of urea groups is 1. The molecule has 0 aliphatic carbocycles.